The molecule has 0 aliphatic rings. The lowest BCUT2D eigenvalue weighted by molar-refractivity contribution is 0.0500. The number of nitrogens with zero attached hydrogens (tertiary/aromatic N) is 1. The Morgan fingerprint density at radius 3 is 2.52 bits per heavy atom. The zero-order valence-corrected chi connectivity index (χ0v) is 13.7. The number of urea groups is 1. The molecule has 0 unspecified atom stereocenters. The molecule has 1 aromatic carbocycles. The number of carbonyl (C=O) groups is 2. The lowest BCUT2D eigenvalue weighted by Crippen LogP contribution is -2.38. The summed E-state index contributed by atoms with van der Waals surface area (Å²) in [4.78, 5) is 25.0. The fraction of sp³-hybridized carbons (Fsp3) is 0.500. The van der Waals surface area contributed by atoms with Gasteiger partial charge >= 0.3 is 12.0 Å². The molecule has 0 aromatic heterocycles. The summed E-state index contributed by atoms with van der Waals surface area (Å²) < 4.78 is 9.84. The van der Waals surface area contributed by atoms with Crippen LogP contribution in [0.5, 0.6) is 0 Å². The zero-order valence-electron chi connectivity index (χ0n) is 13.7. The Hall–Kier alpha value is -2.12. The minimum Gasteiger partial charge on any atom is -0.462 e. The van der Waals surface area contributed by atoms with Gasteiger partial charge in [0.05, 0.1) is 31.4 Å². The largest absolute Gasteiger partial charge is 0.462 e. The van der Waals surface area contributed by atoms with E-state index < -0.39 is 6.10 Å². The Kier molecular flexibility index (Phi) is 8.07. The Morgan fingerprint density at radius 2 is 1.96 bits per heavy atom. The molecule has 23 heavy (non-hydrogen) atoms. The molecule has 1 atom stereocenters. The van der Waals surface area contributed by atoms with E-state index >= 15 is 0 Å². The van der Waals surface area contributed by atoms with Crippen LogP contribution in [0.1, 0.15) is 23.7 Å². The lowest BCUT2D eigenvalue weighted by Gasteiger charge is -2.21. The average Bonchev–Trinajstić information content (AvgIpc) is 2.53. The predicted octanol–water partition coefficient (Wildman–Crippen LogP) is 1.72. The number of aliphatic hydroxyl groups excluding tert-OH is 1. The van der Waals surface area contributed by atoms with Crippen LogP contribution in [0.15, 0.2) is 24.3 Å². The third-order valence-electron chi connectivity index (χ3n) is 3.00. The van der Waals surface area contributed by atoms with Crippen molar-refractivity contribution in [3.8, 4) is 0 Å². The van der Waals surface area contributed by atoms with Crippen LogP contribution in [-0.4, -0.2) is 62.0 Å². The number of hydrogen-bond acceptors (Lipinski definition) is 5. The molecular formula is C16H24N2O5. The van der Waals surface area contributed by atoms with E-state index in [-0.39, 0.29) is 25.2 Å². The highest BCUT2D eigenvalue weighted by atomic mass is 16.5. The molecule has 0 bridgehead atoms. The normalized spacial score (nSPS) is 11.7. The predicted molar refractivity (Wildman–Crippen MR) is 86.5 cm³/mol. The molecule has 0 saturated heterocycles. The van der Waals surface area contributed by atoms with Crippen LogP contribution in [0, 0.1) is 0 Å². The van der Waals surface area contributed by atoms with Crippen LogP contribution in [0.4, 0.5) is 10.5 Å². The summed E-state index contributed by atoms with van der Waals surface area (Å²) in [6.45, 7) is 2.62. The number of aliphatic hydroxyl groups is 1. The standard InChI is InChI=1S/C16H24N2O5/c1-4-9-23-15(20)12-5-7-13(8-6-12)17-16(21)18(2)10-14(19)11-22-3/h5-8,14,19H,4,9-11H2,1-3H3,(H,17,21)/t14-/m0/s1. The summed E-state index contributed by atoms with van der Waals surface area (Å²) in [6.07, 6.45) is 0.0210. The number of rotatable bonds is 8. The number of methoxy groups -OCH3 is 1. The summed E-state index contributed by atoms with van der Waals surface area (Å²) in [5, 5.41) is 12.3. The second kappa shape index (κ2) is 9.81. The van der Waals surface area contributed by atoms with Gasteiger partial charge in [0.25, 0.3) is 0 Å². The molecule has 0 spiro atoms. The first kappa shape index (κ1) is 18.9. The molecule has 1 aromatic rings. The summed E-state index contributed by atoms with van der Waals surface area (Å²) in [7, 11) is 3.06. The van der Waals surface area contributed by atoms with Crippen LogP contribution in [-0.2, 0) is 9.47 Å². The van der Waals surface area contributed by atoms with Crippen molar-refractivity contribution in [3.05, 3.63) is 29.8 Å². The van der Waals surface area contributed by atoms with Crippen LogP contribution in [0.2, 0.25) is 0 Å². The molecule has 0 heterocycles. The first-order chi connectivity index (χ1) is 11.0. The Bertz CT molecular complexity index is 504. The molecule has 0 saturated carbocycles. The number of amides is 2. The third kappa shape index (κ3) is 6.66. The van der Waals surface area contributed by atoms with E-state index in [4.69, 9.17) is 9.47 Å². The molecule has 7 heteroatoms. The van der Waals surface area contributed by atoms with Crippen molar-refractivity contribution in [2.45, 2.75) is 19.4 Å². The Balaban J connectivity index is 2.53. The molecule has 7 nitrogen and oxygen atoms in total. The summed E-state index contributed by atoms with van der Waals surface area (Å²) in [5.74, 6) is -0.385. The second-order valence-corrected chi connectivity index (χ2v) is 5.13. The van der Waals surface area contributed by atoms with E-state index in [1.54, 1.807) is 31.3 Å². The van der Waals surface area contributed by atoms with Gasteiger partial charge < -0.3 is 24.8 Å². The van der Waals surface area contributed by atoms with Crippen molar-refractivity contribution < 1.29 is 24.2 Å². The van der Waals surface area contributed by atoms with Gasteiger partial charge in [-0.15, -0.1) is 0 Å². The Labute approximate surface area is 136 Å². The first-order valence-electron chi connectivity index (χ1n) is 7.44. The minimum atomic E-state index is -0.744. The quantitative estimate of drug-likeness (QED) is 0.711. The molecule has 0 radical (unpaired) electrons. The van der Waals surface area contributed by atoms with Crippen LogP contribution < -0.4 is 5.32 Å². The molecule has 128 valence electrons. The fourth-order valence-electron chi connectivity index (χ4n) is 1.83. The zero-order chi connectivity index (χ0) is 17.2. The molecule has 0 fully saturated rings. The van der Waals surface area contributed by atoms with E-state index in [0.717, 1.165) is 6.42 Å². The monoisotopic (exact) mass is 324 g/mol. The SMILES string of the molecule is CCCOC(=O)c1ccc(NC(=O)N(C)C[C@H](O)COC)cc1. The van der Waals surface area contributed by atoms with Gasteiger partial charge in [-0.2, -0.15) is 0 Å². The smallest absolute Gasteiger partial charge is 0.338 e. The van der Waals surface area contributed by atoms with Gasteiger partial charge in [-0.1, -0.05) is 6.92 Å². The number of benzene rings is 1. The van der Waals surface area contributed by atoms with E-state index in [1.165, 1.54) is 12.0 Å². The van der Waals surface area contributed by atoms with Gasteiger partial charge in [0, 0.05) is 19.8 Å². The summed E-state index contributed by atoms with van der Waals surface area (Å²) >= 11 is 0. The number of nitrogens with one attached hydrogen (secondary N) is 1. The topological polar surface area (TPSA) is 88.1 Å². The fourth-order valence-corrected chi connectivity index (χ4v) is 1.83. The van der Waals surface area contributed by atoms with E-state index in [9.17, 15) is 14.7 Å². The lowest BCUT2D eigenvalue weighted by atomic mass is 10.2. The van der Waals surface area contributed by atoms with Crippen molar-refractivity contribution in [2.75, 3.05) is 39.2 Å². The van der Waals surface area contributed by atoms with Crippen molar-refractivity contribution in [1.29, 1.82) is 0 Å². The second-order valence-electron chi connectivity index (χ2n) is 5.13. The van der Waals surface area contributed by atoms with Crippen LogP contribution in [0.3, 0.4) is 0 Å². The summed E-state index contributed by atoms with van der Waals surface area (Å²) in [5.41, 5.74) is 0.982. The highest BCUT2D eigenvalue weighted by Crippen LogP contribution is 2.11. The number of likely N-dealkylation sites (N-methyl/N-ethyl adjacent to an activating group) is 1. The van der Waals surface area contributed by atoms with E-state index in [2.05, 4.69) is 5.32 Å². The maximum atomic E-state index is 12.0. The third-order valence-corrected chi connectivity index (χ3v) is 3.00. The van der Waals surface area contributed by atoms with Crippen molar-refractivity contribution in [1.82, 2.24) is 4.90 Å². The van der Waals surface area contributed by atoms with Crippen LogP contribution in [0.25, 0.3) is 0 Å². The van der Waals surface area contributed by atoms with Crippen molar-refractivity contribution >= 4 is 17.7 Å². The average molecular weight is 324 g/mol. The van der Waals surface area contributed by atoms with Gasteiger partial charge in [-0.05, 0) is 30.7 Å². The van der Waals surface area contributed by atoms with Crippen LogP contribution >= 0.6 is 0 Å². The van der Waals surface area contributed by atoms with Gasteiger partial charge in [-0.3, -0.25) is 0 Å². The molecular weight excluding hydrogens is 300 g/mol. The first-order valence-corrected chi connectivity index (χ1v) is 7.44. The number of esters is 1. The maximum absolute atomic E-state index is 12.0. The van der Waals surface area contributed by atoms with Crippen molar-refractivity contribution in [3.63, 3.8) is 0 Å². The van der Waals surface area contributed by atoms with Gasteiger partial charge in [0.2, 0.25) is 0 Å². The van der Waals surface area contributed by atoms with E-state index in [0.29, 0.717) is 17.9 Å². The maximum Gasteiger partial charge on any atom is 0.338 e. The van der Waals surface area contributed by atoms with E-state index in [1.807, 2.05) is 6.92 Å². The van der Waals surface area contributed by atoms with Gasteiger partial charge in [-0.25, -0.2) is 9.59 Å². The molecule has 2 N–H and O–H groups in total. The molecule has 2 amide bonds. The van der Waals surface area contributed by atoms with Crippen molar-refractivity contribution in [2.24, 2.45) is 0 Å². The molecule has 0 aliphatic heterocycles. The van der Waals surface area contributed by atoms with Gasteiger partial charge in [0.15, 0.2) is 0 Å². The van der Waals surface area contributed by atoms with Gasteiger partial charge in [0.1, 0.15) is 0 Å². The summed E-state index contributed by atoms with van der Waals surface area (Å²) in [6, 6.07) is 6.07. The highest BCUT2D eigenvalue weighted by molar-refractivity contribution is 5.92. The Morgan fingerprint density at radius 1 is 1.30 bits per heavy atom. The number of ether oxygens (including phenoxy) is 2. The number of carbonyl (C=O) groups excluding carboxylic acids is 2. The number of anilines is 1. The molecule has 1 rings (SSSR count). The minimum absolute atomic E-state index is 0.154. The number of hydrogen-bond donors (Lipinski definition) is 2. The molecule has 0 aliphatic carbocycles. The highest BCUT2D eigenvalue weighted by Gasteiger charge is 2.14.